The summed E-state index contributed by atoms with van der Waals surface area (Å²) >= 11 is 3.50. The Hall–Kier alpha value is -1.15. The summed E-state index contributed by atoms with van der Waals surface area (Å²) in [5.41, 5.74) is 3.00. The first kappa shape index (κ1) is 10.0. The molecule has 1 aromatic rings. The zero-order chi connectivity index (χ0) is 11.1. The van der Waals surface area contributed by atoms with Crippen molar-refractivity contribution in [2.75, 3.05) is 0 Å². The zero-order valence-electron chi connectivity index (χ0n) is 8.69. The monoisotopic (exact) mass is 274 g/mol. The van der Waals surface area contributed by atoms with Gasteiger partial charge in [0, 0.05) is 17.1 Å². The van der Waals surface area contributed by atoms with Crippen molar-refractivity contribution in [3.05, 3.63) is 59.2 Å². The average molecular weight is 275 g/mol. The molecule has 16 heavy (non-hydrogen) atoms. The lowest BCUT2D eigenvalue weighted by molar-refractivity contribution is 0.101. The molecule has 0 saturated heterocycles. The normalized spacial score (nSPS) is 27.1. The third kappa shape index (κ3) is 1.49. The maximum absolute atomic E-state index is 12.3. The first-order valence-corrected chi connectivity index (χ1v) is 6.34. The number of benzene rings is 1. The number of hydrogen-bond donors (Lipinski definition) is 0. The molecule has 0 N–H and O–H groups in total. The van der Waals surface area contributed by atoms with Crippen LogP contribution in [0.1, 0.15) is 15.9 Å². The van der Waals surface area contributed by atoms with Gasteiger partial charge >= 0.3 is 0 Å². The molecule has 2 aliphatic carbocycles. The second-order valence-corrected chi connectivity index (χ2v) is 5.31. The van der Waals surface area contributed by atoms with E-state index >= 15 is 0 Å². The van der Waals surface area contributed by atoms with Gasteiger partial charge in [0.2, 0.25) is 0 Å². The fraction of sp³-hybridized carbons (Fsp3) is 0.214. The van der Waals surface area contributed by atoms with Gasteiger partial charge < -0.3 is 0 Å². The number of carbonyl (C=O) groups is 1. The Morgan fingerprint density at radius 3 is 2.88 bits per heavy atom. The highest BCUT2D eigenvalue weighted by atomic mass is 79.9. The van der Waals surface area contributed by atoms with Gasteiger partial charge in [-0.05, 0) is 12.0 Å². The van der Waals surface area contributed by atoms with Gasteiger partial charge in [-0.2, -0.15) is 0 Å². The fourth-order valence-corrected chi connectivity index (χ4v) is 2.89. The minimum Gasteiger partial charge on any atom is -0.289 e. The molecule has 2 atom stereocenters. The summed E-state index contributed by atoms with van der Waals surface area (Å²) < 4.78 is 0. The molecule has 0 fully saturated rings. The molecule has 2 heteroatoms. The van der Waals surface area contributed by atoms with E-state index in [0.29, 0.717) is 0 Å². The summed E-state index contributed by atoms with van der Waals surface area (Å²) in [6.07, 6.45) is 7.23. The maximum atomic E-state index is 12.3. The predicted molar refractivity (Wildman–Crippen MR) is 67.9 cm³/mol. The Bertz CT molecular complexity index is 513. The maximum Gasteiger partial charge on any atom is 0.189 e. The molecule has 2 aliphatic rings. The summed E-state index contributed by atoms with van der Waals surface area (Å²) in [7, 11) is 0. The number of Topliss-reactive ketones (excluding diaryl/α,β-unsaturated/α-hetero) is 1. The Morgan fingerprint density at radius 2 is 2.00 bits per heavy atom. The van der Waals surface area contributed by atoms with E-state index in [0.717, 1.165) is 17.6 Å². The third-order valence-electron chi connectivity index (χ3n) is 3.23. The fourth-order valence-electron chi connectivity index (χ4n) is 2.43. The number of carbonyl (C=O) groups excluding carboxylic acids is 1. The van der Waals surface area contributed by atoms with E-state index in [-0.39, 0.29) is 16.5 Å². The molecular weight excluding hydrogens is 264 g/mol. The topological polar surface area (TPSA) is 17.1 Å². The molecule has 0 radical (unpaired) electrons. The summed E-state index contributed by atoms with van der Waals surface area (Å²) in [5, 5.41) is 0. The van der Waals surface area contributed by atoms with Crippen molar-refractivity contribution in [2.45, 2.75) is 11.2 Å². The molecule has 3 rings (SSSR count). The van der Waals surface area contributed by atoms with Gasteiger partial charge in [-0.25, -0.2) is 0 Å². The van der Waals surface area contributed by atoms with E-state index in [4.69, 9.17) is 0 Å². The van der Waals surface area contributed by atoms with Gasteiger partial charge in [-0.3, -0.25) is 4.79 Å². The molecular formula is C14H11BrO. The van der Waals surface area contributed by atoms with Crippen LogP contribution in [0.3, 0.4) is 0 Å². The molecule has 0 saturated carbocycles. The lowest BCUT2D eigenvalue weighted by atomic mass is 9.77. The van der Waals surface area contributed by atoms with Crippen molar-refractivity contribution in [3.8, 4) is 0 Å². The number of fused-ring (bicyclic) bond motifs is 2. The van der Waals surface area contributed by atoms with Crippen LogP contribution in [0, 0.1) is 5.92 Å². The number of ketones is 1. The quantitative estimate of drug-likeness (QED) is 0.524. The number of allylic oxidation sites excluding steroid dienone is 4. The molecule has 1 aromatic carbocycles. The molecule has 0 aromatic heterocycles. The van der Waals surface area contributed by atoms with Gasteiger partial charge in [0.1, 0.15) is 0 Å². The van der Waals surface area contributed by atoms with Crippen molar-refractivity contribution < 1.29 is 4.79 Å². The van der Waals surface area contributed by atoms with Gasteiger partial charge in [0.05, 0.1) is 4.83 Å². The first-order valence-electron chi connectivity index (χ1n) is 5.42. The van der Waals surface area contributed by atoms with E-state index in [1.54, 1.807) is 0 Å². The van der Waals surface area contributed by atoms with Crippen LogP contribution >= 0.6 is 15.9 Å². The number of alkyl halides is 1. The Kier molecular flexibility index (Phi) is 2.32. The number of rotatable bonds is 0. The molecule has 0 bridgehead atoms. The van der Waals surface area contributed by atoms with Gasteiger partial charge in [0.15, 0.2) is 5.78 Å². The van der Waals surface area contributed by atoms with Gasteiger partial charge in [-0.15, -0.1) is 0 Å². The van der Waals surface area contributed by atoms with Gasteiger partial charge in [0.25, 0.3) is 0 Å². The standard InChI is InChI=1S/C14H11BrO/c15-11-6-5-10-7-9-3-1-2-4-12(9)14(16)13(10)8-11/h1-6,8,10-11H,7H2. The highest BCUT2D eigenvalue weighted by Gasteiger charge is 2.30. The first-order chi connectivity index (χ1) is 7.75. The van der Waals surface area contributed by atoms with Crippen LogP contribution in [-0.2, 0) is 6.42 Å². The van der Waals surface area contributed by atoms with Crippen LogP contribution in [0.5, 0.6) is 0 Å². The highest BCUT2D eigenvalue weighted by molar-refractivity contribution is 9.09. The van der Waals surface area contributed by atoms with E-state index in [1.165, 1.54) is 5.56 Å². The zero-order valence-corrected chi connectivity index (χ0v) is 10.3. The lowest BCUT2D eigenvalue weighted by Crippen LogP contribution is -2.25. The van der Waals surface area contributed by atoms with E-state index in [9.17, 15) is 4.79 Å². The minimum absolute atomic E-state index is 0.195. The van der Waals surface area contributed by atoms with Crippen molar-refractivity contribution in [1.82, 2.24) is 0 Å². The molecule has 0 amide bonds. The van der Waals surface area contributed by atoms with E-state index in [1.807, 2.05) is 24.3 Å². The summed E-state index contributed by atoms with van der Waals surface area (Å²) in [5.74, 6) is 0.469. The van der Waals surface area contributed by atoms with Crippen LogP contribution in [0.2, 0.25) is 0 Å². The van der Waals surface area contributed by atoms with Crippen LogP contribution in [0.4, 0.5) is 0 Å². The SMILES string of the molecule is O=C1C2=CC(Br)C=CC2Cc2ccccc21. The molecule has 0 heterocycles. The van der Waals surface area contributed by atoms with Gasteiger partial charge in [-0.1, -0.05) is 58.4 Å². The summed E-state index contributed by atoms with van der Waals surface area (Å²) in [4.78, 5) is 12.5. The van der Waals surface area contributed by atoms with Crippen LogP contribution in [0.15, 0.2) is 48.1 Å². The van der Waals surface area contributed by atoms with Crippen molar-refractivity contribution >= 4 is 21.7 Å². The molecule has 0 spiro atoms. The van der Waals surface area contributed by atoms with Crippen molar-refractivity contribution in [3.63, 3.8) is 0 Å². The average Bonchev–Trinajstić information content (AvgIpc) is 2.31. The van der Waals surface area contributed by atoms with E-state index in [2.05, 4.69) is 34.1 Å². The smallest absolute Gasteiger partial charge is 0.189 e. The van der Waals surface area contributed by atoms with E-state index < -0.39 is 0 Å². The second kappa shape index (κ2) is 3.70. The predicted octanol–water partition coefficient (Wildman–Crippen LogP) is 3.30. The van der Waals surface area contributed by atoms with Crippen molar-refractivity contribution in [2.24, 2.45) is 5.92 Å². The summed E-state index contributed by atoms with van der Waals surface area (Å²) in [6.45, 7) is 0. The Balaban J connectivity index is 2.12. The van der Waals surface area contributed by atoms with Crippen LogP contribution in [0.25, 0.3) is 0 Å². The lowest BCUT2D eigenvalue weighted by Gasteiger charge is -2.27. The second-order valence-electron chi connectivity index (χ2n) is 4.25. The van der Waals surface area contributed by atoms with Crippen LogP contribution < -0.4 is 0 Å². The third-order valence-corrected chi connectivity index (χ3v) is 3.80. The van der Waals surface area contributed by atoms with Crippen LogP contribution in [-0.4, -0.2) is 10.6 Å². The molecule has 80 valence electrons. The highest BCUT2D eigenvalue weighted by Crippen LogP contribution is 2.34. The minimum atomic E-state index is 0.195. The molecule has 2 unspecified atom stereocenters. The van der Waals surface area contributed by atoms with Crippen molar-refractivity contribution in [1.29, 1.82) is 0 Å². The molecule has 0 aliphatic heterocycles. The summed E-state index contributed by atoms with van der Waals surface area (Å²) in [6, 6.07) is 7.91. The largest absolute Gasteiger partial charge is 0.289 e. The number of hydrogen-bond acceptors (Lipinski definition) is 1. The Morgan fingerprint density at radius 1 is 1.19 bits per heavy atom. The molecule has 1 nitrogen and oxygen atoms in total. The number of halogens is 1. The Labute approximate surface area is 103 Å².